The minimum absolute atomic E-state index is 0.0432. The summed E-state index contributed by atoms with van der Waals surface area (Å²) in [7, 11) is 1.81. The molecule has 1 N–H and O–H groups in total. The fourth-order valence-corrected chi connectivity index (χ4v) is 3.63. The Morgan fingerprint density at radius 3 is 2.50 bits per heavy atom. The molecule has 0 aliphatic heterocycles. The Bertz CT molecular complexity index is 1060. The van der Waals surface area contributed by atoms with E-state index >= 15 is 0 Å². The Kier molecular flexibility index (Phi) is 6.44. The number of aryl methyl sites for hydroxylation is 1. The van der Waals surface area contributed by atoms with Gasteiger partial charge in [0.05, 0.1) is 12.1 Å². The second-order valence-electron chi connectivity index (χ2n) is 8.61. The van der Waals surface area contributed by atoms with Crippen LogP contribution in [0.25, 0.3) is 11.3 Å². The van der Waals surface area contributed by atoms with E-state index < -0.39 is 0 Å². The maximum atomic E-state index is 13.4. The van der Waals surface area contributed by atoms with Crippen molar-refractivity contribution < 1.29 is 13.9 Å². The third-order valence-corrected chi connectivity index (χ3v) is 5.39. The molecule has 0 radical (unpaired) electrons. The average Bonchev–Trinajstić information content (AvgIpc) is 3.54. The number of amides is 2. The molecule has 1 aliphatic rings. The zero-order chi connectivity index (χ0) is 22.7. The summed E-state index contributed by atoms with van der Waals surface area (Å²) >= 11 is 0. The van der Waals surface area contributed by atoms with E-state index in [4.69, 9.17) is 9.84 Å². The first kappa shape index (κ1) is 21.9. The monoisotopic (exact) mass is 436 g/mol. The van der Waals surface area contributed by atoms with Crippen LogP contribution in [0.3, 0.4) is 0 Å². The van der Waals surface area contributed by atoms with Crippen molar-refractivity contribution in [3.05, 3.63) is 66.0 Å². The standard InChI is InChI=1S/C25H29FN4O2/c1-17(2)27-25(31)30(15-18-9-10-18)16-22-23(19-7-5-4-6-8-19)28-29(3)24(22)32-21-13-11-20(26)12-14-21/h4-8,11-14,17-18H,9-10,15-16H2,1-3H3,(H,27,31). The summed E-state index contributed by atoms with van der Waals surface area (Å²) in [5.41, 5.74) is 2.54. The van der Waals surface area contributed by atoms with Crippen molar-refractivity contribution in [2.24, 2.45) is 13.0 Å². The molecule has 1 aliphatic carbocycles. The van der Waals surface area contributed by atoms with Gasteiger partial charge in [0.15, 0.2) is 0 Å². The zero-order valence-corrected chi connectivity index (χ0v) is 18.7. The van der Waals surface area contributed by atoms with Crippen molar-refractivity contribution in [1.82, 2.24) is 20.0 Å². The first-order valence-corrected chi connectivity index (χ1v) is 11.0. The smallest absolute Gasteiger partial charge is 0.317 e. The molecule has 0 bridgehead atoms. The van der Waals surface area contributed by atoms with Crippen LogP contribution in [0.2, 0.25) is 0 Å². The highest BCUT2D eigenvalue weighted by Gasteiger charge is 2.30. The second kappa shape index (κ2) is 9.42. The van der Waals surface area contributed by atoms with E-state index in [-0.39, 0.29) is 17.9 Å². The molecule has 2 amide bonds. The van der Waals surface area contributed by atoms with Crippen LogP contribution < -0.4 is 10.1 Å². The molecule has 0 atom stereocenters. The topological polar surface area (TPSA) is 59.4 Å². The minimum Gasteiger partial charge on any atom is -0.439 e. The van der Waals surface area contributed by atoms with Crippen LogP contribution in [-0.4, -0.2) is 33.3 Å². The Hall–Kier alpha value is -3.35. The van der Waals surface area contributed by atoms with Gasteiger partial charge in [0.2, 0.25) is 5.88 Å². The highest BCUT2D eigenvalue weighted by molar-refractivity contribution is 5.75. The summed E-state index contributed by atoms with van der Waals surface area (Å²) in [5, 5.41) is 7.74. The number of carbonyl (C=O) groups is 1. The lowest BCUT2D eigenvalue weighted by molar-refractivity contribution is 0.189. The summed E-state index contributed by atoms with van der Waals surface area (Å²) in [4.78, 5) is 14.8. The summed E-state index contributed by atoms with van der Waals surface area (Å²) < 4.78 is 21.2. The number of urea groups is 1. The van der Waals surface area contributed by atoms with Crippen LogP contribution >= 0.6 is 0 Å². The number of rotatable bonds is 8. The van der Waals surface area contributed by atoms with Gasteiger partial charge in [-0.1, -0.05) is 30.3 Å². The van der Waals surface area contributed by atoms with Gasteiger partial charge in [-0.05, 0) is 56.9 Å². The second-order valence-corrected chi connectivity index (χ2v) is 8.61. The summed E-state index contributed by atoms with van der Waals surface area (Å²) in [5.74, 6) is 1.25. The molecule has 0 saturated heterocycles. The number of carbonyl (C=O) groups excluding carboxylic acids is 1. The van der Waals surface area contributed by atoms with E-state index in [1.807, 2.05) is 56.1 Å². The van der Waals surface area contributed by atoms with Crippen molar-refractivity contribution in [3.8, 4) is 22.9 Å². The first-order valence-electron chi connectivity index (χ1n) is 11.0. The molecule has 3 aromatic rings. The van der Waals surface area contributed by atoms with Crippen LogP contribution in [0.1, 0.15) is 32.3 Å². The number of halogens is 1. The van der Waals surface area contributed by atoms with Gasteiger partial charge in [0.1, 0.15) is 17.3 Å². The molecule has 0 unspecified atom stereocenters. The molecule has 0 spiro atoms. The van der Waals surface area contributed by atoms with Crippen molar-refractivity contribution in [1.29, 1.82) is 0 Å². The van der Waals surface area contributed by atoms with Crippen LogP contribution in [0.4, 0.5) is 9.18 Å². The molecular weight excluding hydrogens is 407 g/mol. The van der Waals surface area contributed by atoms with E-state index in [2.05, 4.69) is 5.32 Å². The van der Waals surface area contributed by atoms with E-state index in [0.717, 1.165) is 29.7 Å². The molecule has 2 aromatic carbocycles. The molecule has 6 nitrogen and oxygen atoms in total. The van der Waals surface area contributed by atoms with E-state index in [9.17, 15) is 9.18 Å². The lowest BCUT2D eigenvalue weighted by Gasteiger charge is -2.25. The van der Waals surface area contributed by atoms with Gasteiger partial charge in [-0.3, -0.25) is 0 Å². The van der Waals surface area contributed by atoms with Gasteiger partial charge in [0.25, 0.3) is 0 Å². The van der Waals surface area contributed by atoms with Crippen molar-refractivity contribution >= 4 is 6.03 Å². The van der Waals surface area contributed by atoms with Gasteiger partial charge in [-0.15, -0.1) is 0 Å². The number of hydrogen-bond donors (Lipinski definition) is 1. The van der Waals surface area contributed by atoms with E-state index in [0.29, 0.717) is 30.6 Å². The Labute approximate surface area is 188 Å². The highest BCUT2D eigenvalue weighted by atomic mass is 19.1. The third kappa shape index (κ3) is 5.28. The van der Waals surface area contributed by atoms with E-state index in [1.165, 1.54) is 12.1 Å². The first-order chi connectivity index (χ1) is 15.4. The van der Waals surface area contributed by atoms with Gasteiger partial charge in [-0.2, -0.15) is 5.10 Å². The largest absolute Gasteiger partial charge is 0.439 e. The number of benzene rings is 2. The molecule has 1 heterocycles. The van der Waals surface area contributed by atoms with Crippen LogP contribution in [-0.2, 0) is 13.6 Å². The molecule has 4 rings (SSSR count). The van der Waals surface area contributed by atoms with Crippen LogP contribution in [0, 0.1) is 11.7 Å². The fourth-order valence-electron chi connectivity index (χ4n) is 3.63. The third-order valence-electron chi connectivity index (χ3n) is 5.39. The number of hydrogen-bond acceptors (Lipinski definition) is 3. The highest BCUT2D eigenvalue weighted by Crippen LogP contribution is 2.36. The van der Waals surface area contributed by atoms with Gasteiger partial charge in [-0.25, -0.2) is 13.9 Å². The van der Waals surface area contributed by atoms with E-state index in [1.54, 1.807) is 16.8 Å². The molecule has 168 valence electrons. The maximum Gasteiger partial charge on any atom is 0.317 e. The molecule has 1 aromatic heterocycles. The fraction of sp³-hybridized carbons (Fsp3) is 0.360. The molecule has 7 heteroatoms. The van der Waals surface area contributed by atoms with Crippen molar-refractivity contribution in [3.63, 3.8) is 0 Å². The van der Waals surface area contributed by atoms with Gasteiger partial charge < -0.3 is 15.0 Å². The lowest BCUT2D eigenvalue weighted by atomic mass is 10.1. The van der Waals surface area contributed by atoms with Crippen LogP contribution in [0.15, 0.2) is 54.6 Å². The normalized spacial score (nSPS) is 13.3. The Balaban J connectivity index is 1.72. The van der Waals surface area contributed by atoms with Gasteiger partial charge >= 0.3 is 6.03 Å². The predicted octanol–water partition coefficient (Wildman–Crippen LogP) is 5.35. The SMILES string of the molecule is CC(C)NC(=O)N(Cc1c(-c2ccccc2)nn(C)c1Oc1ccc(F)cc1)CC1CC1. The molecule has 1 fully saturated rings. The molecule has 32 heavy (non-hydrogen) atoms. The quantitative estimate of drug-likeness (QED) is 0.518. The summed E-state index contributed by atoms with van der Waals surface area (Å²) in [6.07, 6.45) is 2.28. The Morgan fingerprint density at radius 1 is 1.19 bits per heavy atom. The predicted molar refractivity (Wildman–Crippen MR) is 122 cm³/mol. The average molecular weight is 437 g/mol. The van der Waals surface area contributed by atoms with Crippen LogP contribution in [0.5, 0.6) is 11.6 Å². The number of ether oxygens (including phenoxy) is 1. The summed E-state index contributed by atoms with van der Waals surface area (Å²) in [6, 6.07) is 15.7. The summed E-state index contributed by atoms with van der Waals surface area (Å²) in [6.45, 7) is 4.97. The molecule has 1 saturated carbocycles. The maximum absolute atomic E-state index is 13.4. The minimum atomic E-state index is -0.325. The van der Waals surface area contributed by atoms with Crippen molar-refractivity contribution in [2.75, 3.05) is 6.54 Å². The Morgan fingerprint density at radius 2 is 1.88 bits per heavy atom. The number of nitrogens with one attached hydrogen (secondary N) is 1. The number of nitrogens with zero attached hydrogens (tertiary/aromatic N) is 3. The number of aromatic nitrogens is 2. The lowest BCUT2D eigenvalue weighted by Crippen LogP contribution is -2.43. The van der Waals surface area contributed by atoms with Crippen molar-refractivity contribution in [2.45, 2.75) is 39.3 Å². The molecular formula is C25H29FN4O2. The van der Waals surface area contributed by atoms with Gasteiger partial charge in [0, 0.05) is 25.2 Å². The zero-order valence-electron chi connectivity index (χ0n) is 18.7.